The van der Waals surface area contributed by atoms with Gasteiger partial charge in [0.1, 0.15) is 5.75 Å². The summed E-state index contributed by atoms with van der Waals surface area (Å²) in [6.07, 6.45) is 5.55. The summed E-state index contributed by atoms with van der Waals surface area (Å²) in [6, 6.07) is 7.43. The number of anilines is 1. The van der Waals surface area contributed by atoms with Gasteiger partial charge in [-0.25, -0.2) is 0 Å². The van der Waals surface area contributed by atoms with E-state index in [-0.39, 0.29) is 18.3 Å². The van der Waals surface area contributed by atoms with Crippen LogP contribution < -0.4 is 15.8 Å². The summed E-state index contributed by atoms with van der Waals surface area (Å²) in [6.45, 7) is 1.26. The number of hydrogen-bond acceptors (Lipinski definition) is 4. The molecule has 1 aromatic rings. The van der Waals surface area contributed by atoms with Crippen LogP contribution >= 0.6 is 12.4 Å². The van der Waals surface area contributed by atoms with Crippen LogP contribution in [0.3, 0.4) is 0 Å². The van der Waals surface area contributed by atoms with Gasteiger partial charge in [-0.1, -0.05) is 25.3 Å². The number of rotatable bonds is 7. The van der Waals surface area contributed by atoms with Crippen LogP contribution in [0.25, 0.3) is 0 Å². The van der Waals surface area contributed by atoms with E-state index in [9.17, 15) is 4.79 Å². The third kappa shape index (κ3) is 6.01. The number of nitrogens with two attached hydrogens (primary N) is 1. The fourth-order valence-electron chi connectivity index (χ4n) is 2.72. The van der Waals surface area contributed by atoms with Crippen LogP contribution in [0.4, 0.5) is 5.69 Å². The van der Waals surface area contributed by atoms with E-state index in [4.69, 9.17) is 15.2 Å². The number of ether oxygens (including phenoxy) is 2. The number of methoxy groups -OCH3 is 1. The highest BCUT2D eigenvalue weighted by Gasteiger charge is 2.35. The minimum absolute atomic E-state index is 0. The maximum Gasteiger partial charge on any atom is 0.244 e. The van der Waals surface area contributed by atoms with Gasteiger partial charge < -0.3 is 20.5 Å². The largest absolute Gasteiger partial charge is 0.493 e. The average molecular weight is 343 g/mol. The average Bonchev–Trinajstić information content (AvgIpc) is 2.53. The van der Waals surface area contributed by atoms with Crippen molar-refractivity contribution >= 4 is 24.0 Å². The normalized spacial score (nSPS) is 16.3. The van der Waals surface area contributed by atoms with Gasteiger partial charge in [-0.3, -0.25) is 4.79 Å². The minimum atomic E-state index is -0.729. The smallest absolute Gasteiger partial charge is 0.244 e. The van der Waals surface area contributed by atoms with Crippen molar-refractivity contribution in [1.82, 2.24) is 0 Å². The molecule has 6 heteroatoms. The van der Waals surface area contributed by atoms with Gasteiger partial charge in [-0.2, -0.15) is 0 Å². The molecule has 5 nitrogen and oxygen atoms in total. The lowest BCUT2D eigenvalue weighted by Crippen LogP contribution is -2.52. The summed E-state index contributed by atoms with van der Waals surface area (Å²) in [4.78, 5) is 12.4. The van der Waals surface area contributed by atoms with E-state index in [0.29, 0.717) is 13.2 Å². The van der Waals surface area contributed by atoms with Crippen molar-refractivity contribution in [2.45, 2.75) is 44.1 Å². The van der Waals surface area contributed by atoms with Crippen molar-refractivity contribution in [3.63, 3.8) is 0 Å². The lowest BCUT2D eigenvalue weighted by Gasteiger charge is -2.31. The molecular weight excluding hydrogens is 316 g/mol. The molecule has 23 heavy (non-hydrogen) atoms. The molecule has 3 N–H and O–H groups in total. The molecule has 0 bridgehead atoms. The van der Waals surface area contributed by atoms with E-state index >= 15 is 0 Å². The second kappa shape index (κ2) is 9.75. The highest BCUT2D eigenvalue weighted by Crippen LogP contribution is 2.27. The van der Waals surface area contributed by atoms with Crippen LogP contribution in [0.1, 0.15) is 38.5 Å². The van der Waals surface area contributed by atoms with Crippen molar-refractivity contribution < 1.29 is 14.3 Å². The van der Waals surface area contributed by atoms with Crippen LogP contribution in [-0.2, 0) is 9.53 Å². The molecule has 1 saturated carbocycles. The third-order valence-electron chi connectivity index (χ3n) is 4.05. The Bertz CT molecular complexity index is 490. The Balaban J connectivity index is 0.00000264. The fourth-order valence-corrected chi connectivity index (χ4v) is 2.72. The number of amides is 1. The molecule has 0 aromatic heterocycles. The van der Waals surface area contributed by atoms with E-state index < -0.39 is 5.54 Å². The quantitative estimate of drug-likeness (QED) is 0.747. The number of nitrogens with one attached hydrogen (secondary N) is 1. The molecule has 1 amide bonds. The van der Waals surface area contributed by atoms with Gasteiger partial charge in [0.05, 0.1) is 12.1 Å². The maximum absolute atomic E-state index is 12.4. The van der Waals surface area contributed by atoms with E-state index in [1.165, 1.54) is 0 Å². The van der Waals surface area contributed by atoms with Gasteiger partial charge in [0.2, 0.25) is 5.91 Å². The number of benzene rings is 1. The van der Waals surface area contributed by atoms with Gasteiger partial charge in [0.25, 0.3) is 0 Å². The van der Waals surface area contributed by atoms with Crippen LogP contribution in [0.5, 0.6) is 5.75 Å². The summed E-state index contributed by atoms with van der Waals surface area (Å²) in [5, 5.41) is 2.93. The molecule has 0 unspecified atom stereocenters. The second-order valence-corrected chi connectivity index (χ2v) is 5.89. The molecule has 0 aliphatic heterocycles. The zero-order valence-corrected chi connectivity index (χ0v) is 14.5. The monoisotopic (exact) mass is 342 g/mol. The van der Waals surface area contributed by atoms with Crippen molar-refractivity contribution in [3.8, 4) is 5.75 Å². The fraction of sp³-hybridized carbons (Fsp3) is 0.588. The first kappa shape index (κ1) is 19.7. The Morgan fingerprint density at radius 1 is 1.26 bits per heavy atom. The predicted octanol–water partition coefficient (Wildman–Crippen LogP) is 3.12. The van der Waals surface area contributed by atoms with E-state index in [0.717, 1.165) is 50.0 Å². The molecule has 1 aromatic carbocycles. The van der Waals surface area contributed by atoms with Crippen molar-refractivity contribution in [3.05, 3.63) is 24.3 Å². The Kier molecular flexibility index (Phi) is 8.37. The molecule has 130 valence electrons. The van der Waals surface area contributed by atoms with Gasteiger partial charge in [0.15, 0.2) is 0 Å². The summed E-state index contributed by atoms with van der Waals surface area (Å²) in [5.74, 6) is 0.646. The van der Waals surface area contributed by atoms with Gasteiger partial charge >= 0.3 is 0 Å². The molecule has 0 atom stereocenters. The van der Waals surface area contributed by atoms with E-state index in [2.05, 4.69) is 5.32 Å². The standard InChI is InChI=1S/C17H26N2O3.ClH/c1-21-11-6-12-22-15-8-5-7-14(13-15)19-16(20)17(18)9-3-2-4-10-17;/h5,7-8,13H,2-4,6,9-12,18H2,1H3,(H,19,20);1H. The van der Waals surface area contributed by atoms with Crippen LogP contribution in [-0.4, -0.2) is 31.8 Å². The summed E-state index contributed by atoms with van der Waals surface area (Å²) >= 11 is 0. The van der Waals surface area contributed by atoms with E-state index in [1.807, 2.05) is 24.3 Å². The molecule has 0 spiro atoms. The summed E-state index contributed by atoms with van der Waals surface area (Å²) < 4.78 is 10.6. The number of halogens is 1. The van der Waals surface area contributed by atoms with E-state index in [1.54, 1.807) is 7.11 Å². The van der Waals surface area contributed by atoms with Gasteiger partial charge in [-0.15, -0.1) is 12.4 Å². The molecule has 1 aliphatic carbocycles. The molecule has 2 rings (SSSR count). The van der Waals surface area contributed by atoms with Crippen molar-refractivity contribution in [2.24, 2.45) is 5.73 Å². The zero-order valence-electron chi connectivity index (χ0n) is 13.7. The van der Waals surface area contributed by atoms with Crippen molar-refractivity contribution in [2.75, 3.05) is 25.6 Å². The molecule has 0 saturated heterocycles. The van der Waals surface area contributed by atoms with Crippen molar-refractivity contribution in [1.29, 1.82) is 0 Å². The molecular formula is C17H27ClN2O3. The highest BCUT2D eigenvalue weighted by atomic mass is 35.5. The Labute approximate surface area is 144 Å². The summed E-state index contributed by atoms with van der Waals surface area (Å²) in [5.41, 5.74) is 6.24. The zero-order chi connectivity index (χ0) is 15.8. The third-order valence-corrected chi connectivity index (χ3v) is 4.05. The Hall–Kier alpha value is -1.30. The first-order valence-corrected chi connectivity index (χ1v) is 7.96. The SMILES string of the molecule is COCCCOc1cccc(NC(=O)C2(N)CCCCC2)c1.Cl. The first-order chi connectivity index (χ1) is 10.6. The molecule has 0 radical (unpaired) electrons. The first-order valence-electron chi connectivity index (χ1n) is 7.96. The maximum atomic E-state index is 12.4. The predicted molar refractivity (Wildman–Crippen MR) is 94.3 cm³/mol. The number of carbonyl (C=O) groups excluding carboxylic acids is 1. The number of hydrogen-bond donors (Lipinski definition) is 2. The highest BCUT2D eigenvalue weighted by molar-refractivity contribution is 5.98. The van der Waals surface area contributed by atoms with Gasteiger partial charge in [0, 0.05) is 31.9 Å². The summed E-state index contributed by atoms with van der Waals surface area (Å²) in [7, 11) is 1.67. The lowest BCUT2D eigenvalue weighted by atomic mass is 9.82. The van der Waals surface area contributed by atoms with Crippen LogP contribution in [0.15, 0.2) is 24.3 Å². The number of carbonyl (C=O) groups is 1. The Morgan fingerprint density at radius 2 is 2.00 bits per heavy atom. The molecule has 0 heterocycles. The minimum Gasteiger partial charge on any atom is -0.493 e. The topological polar surface area (TPSA) is 73.6 Å². The Morgan fingerprint density at radius 3 is 2.70 bits per heavy atom. The molecule has 1 fully saturated rings. The second-order valence-electron chi connectivity index (χ2n) is 5.89. The molecule has 1 aliphatic rings. The lowest BCUT2D eigenvalue weighted by molar-refractivity contribution is -0.122. The van der Waals surface area contributed by atoms with Gasteiger partial charge in [-0.05, 0) is 25.0 Å². The van der Waals surface area contributed by atoms with Crippen LogP contribution in [0.2, 0.25) is 0 Å². The van der Waals surface area contributed by atoms with Crippen LogP contribution in [0, 0.1) is 0 Å².